The second-order valence-corrected chi connectivity index (χ2v) is 9.23. The van der Waals surface area contributed by atoms with Crippen molar-refractivity contribution in [2.24, 2.45) is 0 Å². The van der Waals surface area contributed by atoms with E-state index in [2.05, 4.69) is 16.5 Å². The molecule has 7 nitrogen and oxygen atoms in total. The van der Waals surface area contributed by atoms with Gasteiger partial charge in [0.2, 0.25) is 5.89 Å². The van der Waals surface area contributed by atoms with Gasteiger partial charge in [-0.25, -0.2) is 9.78 Å². The third kappa shape index (κ3) is 3.74. The molecular weight excluding hydrogens is 480 g/mol. The fraction of sp³-hybridized carbons (Fsp3) is 0.226. The minimum absolute atomic E-state index is 0.289. The Hall–Kier alpha value is -4.52. The minimum atomic E-state index is -0.343. The first kappa shape index (κ1) is 23.9. The zero-order valence-corrected chi connectivity index (χ0v) is 21.8. The van der Waals surface area contributed by atoms with Crippen molar-refractivity contribution in [3.8, 4) is 45.3 Å². The Morgan fingerprint density at radius 2 is 1.71 bits per heavy atom. The summed E-state index contributed by atoms with van der Waals surface area (Å²) in [6.45, 7) is 4.92. The summed E-state index contributed by atoms with van der Waals surface area (Å²) in [7, 11) is 3.25. The van der Waals surface area contributed by atoms with E-state index in [1.807, 2.05) is 67.6 Å². The molecule has 1 aliphatic heterocycles. The average Bonchev–Trinajstić information content (AvgIpc) is 3.51. The molecule has 5 aromatic rings. The molecule has 0 atom stereocenters. The number of carbonyl (C=O) groups excluding carboxylic acids is 1. The molecule has 38 heavy (non-hydrogen) atoms. The maximum atomic E-state index is 13.5. The maximum absolute atomic E-state index is 13.5. The first-order valence-corrected chi connectivity index (χ1v) is 12.7. The molecule has 7 heteroatoms. The van der Waals surface area contributed by atoms with Crippen molar-refractivity contribution in [3.63, 3.8) is 0 Å². The summed E-state index contributed by atoms with van der Waals surface area (Å²) in [5, 5.41) is 0. The summed E-state index contributed by atoms with van der Waals surface area (Å²) in [4.78, 5) is 18.1. The van der Waals surface area contributed by atoms with Gasteiger partial charge in [0.05, 0.1) is 32.1 Å². The molecule has 192 valence electrons. The molecular formula is C31H28N2O5. The Bertz CT molecular complexity index is 1640. The lowest BCUT2D eigenvalue weighted by atomic mass is 9.93. The number of hydrogen-bond donors (Lipinski definition) is 0. The first-order valence-electron chi connectivity index (χ1n) is 12.7. The fourth-order valence-electron chi connectivity index (χ4n) is 5.41. The zero-order chi connectivity index (χ0) is 26.4. The van der Waals surface area contributed by atoms with Crippen LogP contribution >= 0.6 is 0 Å². The van der Waals surface area contributed by atoms with Gasteiger partial charge in [0, 0.05) is 28.9 Å². The molecule has 0 amide bonds. The second-order valence-electron chi connectivity index (χ2n) is 9.23. The van der Waals surface area contributed by atoms with Gasteiger partial charge in [-0.05, 0) is 67.8 Å². The number of aryl methyl sites for hydroxylation is 1. The van der Waals surface area contributed by atoms with Crippen molar-refractivity contribution >= 4 is 17.1 Å². The standard InChI is InChI=1S/C31H28N2O5/c1-5-37-31(34)28-27(19-10-12-20(13-11-19)30-32-23-8-6-7-9-24(23)38-30)18(2)33-15-14-21-16-25(35-3)26(36-4)17-22(21)29(28)33/h6-13,16-17H,5,14-15H2,1-4H3. The average molecular weight is 509 g/mol. The van der Waals surface area contributed by atoms with E-state index in [1.54, 1.807) is 14.2 Å². The molecule has 0 spiro atoms. The number of oxazole rings is 1. The van der Waals surface area contributed by atoms with Gasteiger partial charge in [0.15, 0.2) is 17.1 Å². The van der Waals surface area contributed by atoms with Crippen LogP contribution in [0.3, 0.4) is 0 Å². The molecule has 6 rings (SSSR count). The Morgan fingerprint density at radius 3 is 2.42 bits per heavy atom. The van der Waals surface area contributed by atoms with Crippen LogP contribution in [-0.2, 0) is 17.7 Å². The molecule has 0 bridgehead atoms. The number of para-hydroxylation sites is 2. The van der Waals surface area contributed by atoms with Gasteiger partial charge < -0.3 is 23.2 Å². The van der Waals surface area contributed by atoms with Gasteiger partial charge in [0.25, 0.3) is 0 Å². The Labute approximate surface area is 220 Å². The smallest absolute Gasteiger partial charge is 0.340 e. The Kier molecular flexibility index (Phi) is 5.91. The number of benzene rings is 3. The normalized spacial score (nSPS) is 12.2. The van der Waals surface area contributed by atoms with E-state index in [1.165, 1.54) is 0 Å². The largest absolute Gasteiger partial charge is 0.493 e. The van der Waals surface area contributed by atoms with E-state index < -0.39 is 0 Å². The van der Waals surface area contributed by atoms with Crippen molar-refractivity contribution in [2.75, 3.05) is 20.8 Å². The van der Waals surface area contributed by atoms with Crippen LogP contribution in [0.5, 0.6) is 11.5 Å². The second kappa shape index (κ2) is 9.41. The third-order valence-electron chi connectivity index (χ3n) is 7.19. The quantitative estimate of drug-likeness (QED) is 0.238. The number of methoxy groups -OCH3 is 2. The van der Waals surface area contributed by atoms with Crippen LogP contribution in [-0.4, -0.2) is 36.3 Å². The summed E-state index contributed by atoms with van der Waals surface area (Å²) in [5.74, 6) is 1.52. The number of ether oxygens (including phenoxy) is 3. The highest BCUT2D eigenvalue weighted by Crippen LogP contribution is 2.45. The summed E-state index contributed by atoms with van der Waals surface area (Å²) in [6.07, 6.45) is 0.816. The van der Waals surface area contributed by atoms with Crippen LogP contribution in [0, 0.1) is 6.92 Å². The number of esters is 1. The highest BCUT2D eigenvalue weighted by Gasteiger charge is 2.32. The summed E-state index contributed by atoms with van der Waals surface area (Å²) >= 11 is 0. The van der Waals surface area contributed by atoms with E-state index in [9.17, 15) is 4.79 Å². The van der Waals surface area contributed by atoms with E-state index in [0.717, 1.165) is 63.3 Å². The first-order chi connectivity index (χ1) is 18.5. The van der Waals surface area contributed by atoms with Crippen LogP contribution < -0.4 is 9.47 Å². The predicted molar refractivity (Wildman–Crippen MR) is 146 cm³/mol. The number of aromatic nitrogens is 2. The van der Waals surface area contributed by atoms with Crippen LogP contribution in [0.1, 0.15) is 28.5 Å². The monoisotopic (exact) mass is 508 g/mol. The van der Waals surface area contributed by atoms with E-state index in [0.29, 0.717) is 23.0 Å². The van der Waals surface area contributed by atoms with Crippen LogP contribution in [0.4, 0.5) is 0 Å². The number of fused-ring (bicyclic) bond motifs is 4. The SMILES string of the molecule is CCOC(=O)c1c(-c2ccc(-c3nc4ccccc4o3)cc2)c(C)n2c1-c1cc(OC)c(OC)cc1CC2. The number of hydrogen-bond acceptors (Lipinski definition) is 6. The molecule has 0 unspecified atom stereocenters. The van der Waals surface area contributed by atoms with Gasteiger partial charge in [-0.1, -0.05) is 24.3 Å². The molecule has 2 aromatic heterocycles. The number of nitrogens with zero attached hydrogens (tertiary/aromatic N) is 2. The highest BCUT2D eigenvalue weighted by atomic mass is 16.5. The Balaban J connectivity index is 1.51. The number of rotatable bonds is 6. The highest BCUT2D eigenvalue weighted by molar-refractivity contribution is 6.05. The minimum Gasteiger partial charge on any atom is -0.493 e. The van der Waals surface area contributed by atoms with Crippen molar-refractivity contribution in [2.45, 2.75) is 26.8 Å². The van der Waals surface area contributed by atoms with Crippen molar-refractivity contribution in [1.82, 2.24) is 9.55 Å². The van der Waals surface area contributed by atoms with E-state index >= 15 is 0 Å². The predicted octanol–water partition coefficient (Wildman–Crippen LogP) is 6.69. The molecule has 0 N–H and O–H groups in total. The van der Waals surface area contributed by atoms with Crippen LogP contribution in [0.15, 0.2) is 65.1 Å². The molecule has 0 saturated carbocycles. The third-order valence-corrected chi connectivity index (χ3v) is 7.19. The van der Waals surface area contributed by atoms with Crippen LogP contribution in [0.2, 0.25) is 0 Å². The lowest BCUT2D eigenvalue weighted by Gasteiger charge is -2.23. The molecule has 0 saturated heterocycles. The molecule has 3 heterocycles. The van der Waals surface area contributed by atoms with Gasteiger partial charge in [-0.3, -0.25) is 0 Å². The van der Waals surface area contributed by atoms with Crippen molar-refractivity contribution in [1.29, 1.82) is 0 Å². The maximum Gasteiger partial charge on any atom is 0.340 e. The topological polar surface area (TPSA) is 75.7 Å². The fourth-order valence-corrected chi connectivity index (χ4v) is 5.41. The van der Waals surface area contributed by atoms with Gasteiger partial charge in [-0.2, -0.15) is 0 Å². The zero-order valence-electron chi connectivity index (χ0n) is 21.8. The molecule has 0 fully saturated rings. The van der Waals surface area contributed by atoms with Gasteiger partial charge in [0.1, 0.15) is 5.52 Å². The van der Waals surface area contributed by atoms with Gasteiger partial charge in [-0.15, -0.1) is 0 Å². The Morgan fingerprint density at radius 1 is 1.00 bits per heavy atom. The molecule has 1 aliphatic rings. The summed E-state index contributed by atoms with van der Waals surface area (Å²) < 4.78 is 24.9. The van der Waals surface area contributed by atoms with Gasteiger partial charge >= 0.3 is 5.97 Å². The van der Waals surface area contributed by atoms with E-state index in [4.69, 9.17) is 18.6 Å². The molecule has 0 radical (unpaired) electrons. The lowest BCUT2D eigenvalue weighted by molar-refractivity contribution is 0.0528. The van der Waals surface area contributed by atoms with Crippen molar-refractivity contribution < 1.29 is 23.4 Å². The van der Waals surface area contributed by atoms with E-state index in [-0.39, 0.29) is 12.6 Å². The lowest BCUT2D eigenvalue weighted by Crippen LogP contribution is -2.15. The summed E-state index contributed by atoms with van der Waals surface area (Å²) in [5.41, 5.74) is 8.71. The number of carbonyl (C=O) groups is 1. The molecule has 0 aliphatic carbocycles. The van der Waals surface area contributed by atoms with Crippen molar-refractivity contribution in [3.05, 3.63) is 77.5 Å². The molecule has 3 aromatic carbocycles. The summed E-state index contributed by atoms with van der Waals surface area (Å²) in [6, 6.07) is 19.6. The van der Waals surface area contributed by atoms with Crippen LogP contribution in [0.25, 0.3) is 44.9 Å².